The molecule has 1 atom stereocenters. The first-order chi connectivity index (χ1) is 14.6. The summed E-state index contributed by atoms with van der Waals surface area (Å²) in [6, 6.07) is 17.5. The maximum atomic E-state index is 12.4. The maximum Gasteiger partial charge on any atom is 0.233 e. The number of morpholine rings is 1. The maximum absolute atomic E-state index is 12.4. The predicted octanol–water partition coefficient (Wildman–Crippen LogP) is 3.14. The minimum atomic E-state index is -0.185. The number of thioether (sulfide) groups is 1. The fourth-order valence-corrected chi connectivity index (χ4v) is 4.07. The molecular formula is C23H29N3O3S. The van der Waals surface area contributed by atoms with Gasteiger partial charge in [0.1, 0.15) is 0 Å². The van der Waals surface area contributed by atoms with Crippen molar-refractivity contribution in [1.29, 1.82) is 0 Å². The Morgan fingerprint density at radius 1 is 1.10 bits per heavy atom. The smallest absolute Gasteiger partial charge is 0.233 e. The van der Waals surface area contributed by atoms with Crippen molar-refractivity contribution in [3.05, 3.63) is 60.2 Å². The van der Waals surface area contributed by atoms with E-state index in [0.717, 1.165) is 49.0 Å². The van der Waals surface area contributed by atoms with Crippen LogP contribution in [0, 0.1) is 0 Å². The molecule has 2 N–H and O–H groups in total. The lowest BCUT2D eigenvalue weighted by Crippen LogP contribution is -2.38. The van der Waals surface area contributed by atoms with Crippen molar-refractivity contribution in [3.8, 4) is 0 Å². The quantitative estimate of drug-likeness (QED) is 0.602. The van der Waals surface area contributed by atoms with Gasteiger partial charge in [-0.2, -0.15) is 0 Å². The molecule has 0 bridgehead atoms. The summed E-state index contributed by atoms with van der Waals surface area (Å²) < 4.78 is 5.33. The fraction of sp³-hybridized carbons (Fsp3) is 0.391. The van der Waals surface area contributed by atoms with E-state index in [0.29, 0.717) is 13.0 Å². The number of nitrogens with zero attached hydrogens (tertiary/aromatic N) is 1. The van der Waals surface area contributed by atoms with Crippen molar-refractivity contribution >= 4 is 29.3 Å². The van der Waals surface area contributed by atoms with Crippen LogP contribution in [-0.2, 0) is 20.9 Å². The van der Waals surface area contributed by atoms with Gasteiger partial charge in [-0.15, -0.1) is 11.8 Å². The summed E-state index contributed by atoms with van der Waals surface area (Å²) in [6.07, 6.45) is 0.454. The first kappa shape index (κ1) is 22.3. The highest BCUT2D eigenvalue weighted by molar-refractivity contribution is 8.00. The molecule has 1 fully saturated rings. The third-order valence-electron chi connectivity index (χ3n) is 4.86. The summed E-state index contributed by atoms with van der Waals surface area (Å²) in [5, 5.41) is 5.74. The molecule has 6 nitrogen and oxygen atoms in total. The van der Waals surface area contributed by atoms with Crippen LogP contribution in [0.1, 0.15) is 18.9 Å². The molecule has 30 heavy (non-hydrogen) atoms. The molecule has 7 heteroatoms. The second-order valence-corrected chi connectivity index (χ2v) is 8.66. The lowest BCUT2D eigenvalue weighted by Gasteiger charge is -2.26. The van der Waals surface area contributed by atoms with Crippen LogP contribution in [-0.4, -0.2) is 54.8 Å². The molecule has 1 heterocycles. The standard InChI is InChI=1S/C23H29N3O3S/c1-18(30-21-8-3-2-4-9-21)23(28)24-17-19-6-5-7-20(16-19)25-22(27)10-11-26-12-14-29-15-13-26/h2-9,16,18H,10-15,17H2,1H3,(H,24,28)(H,25,27). The highest BCUT2D eigenvalue weighted by Gasteiger charge is 2.14. The molecule has 2 aromatic rings. The van der Waals surface area contributed by atoms with Crippen LogP contribution in [0.4, 0.5) is 5.69 Å². The zero-order valence-corrected chi connectivity index (χ0v) is 18.1. The molecule has 0 radical (unpaired) electrons. The number of nitrogens with one attached hydrogen (secondary N) is 2. The number of rotatable bonds is 9. The van der Waals surface area contributed by atoms with E-state index in [1.807, 2.05) is 61.5 Å². The highest BCUT2D eigenvalue weighted by Crippen LogP contribution is 2.22. The molecule has 0 aliphatic carbocycles. The van der Waals surface area contributed by atoms with Crippen molar-refractivity contribution in [2.75, 3.05) is 38.2 Å². The minimum absolute atomic E-state index is 0.00411. The zero-order valence-electron chi connectivity index (χ0n) is 17.3. The van der Waals surface area contributed by atoms with Crippen molar-refractivity contribution < 1.29 is 14.3 Å². The predicted molar refractivity (Wildman–Crippen MR) is 121 cm³/mol. The molecular weight excluding hydrogens is 398 g/mol. The van der Waals surface area contributed by atoms with Gasteiger partial charge in [-0.25, -0.2) is 0 Å². The molecule has 1 aliphatic rings. The van der Waals surface area contributed by atoms with E-state index in [1.54, 1.807) is 0 Å². The number of carbonyl (C=O) groups is 2. The van der Waals surface area contributed by atoms with E-state index in [9.17, 15) is 9.59 Å². The van der Waals surface area contributed by atoms with Gasteiger partial charge in [-0.3, -0.25) is 14.5 Å². The Kier molecular flexibility index (Phi) is 8.74. The number of carbonyl (C=O) groups excluding carboxylic acids is 2. The van der Waals surface area contributed by atoms with E-state index in [1.165, 1.54) is 11.8 Å². The van der Waals surface area contributed by atoms with Gasteiger partial charge in [-0.1, -0.05) is 30.3 Å². The SMILES string of the molecule is CC(Sc1ccccc1)C(=O)NCc1cccc(NC(=O)CCN2CCOCC2)c1. The number of hydrogen-bond donors (Lipinski definition) is 2. The minimum Gasteiger partial charge on any atom is -0.379 e. The van der Waals surface area contributed by atoms with E-state index in [4.69, 9.17) is 4.74 Å². The Balaban J connectivity index is 1.43. The largest absolute Gasteiger partial charge is 0.379 e. The highest BCUT2D eigenvalue weighted by atomic mass is 32.2. The van der Waals surface area contributed by atoms with Gasteiger partial charge in [0.15, 0.2) is 0 Å². The zero-order chi connectivity index (χ0) is 21.2. The Morgan fingerprint density at radius 2 is 1.87 bits per heavy atom. The topological polar surface area (TPSA) is 70.7 Å². The average molecular weight is 428 g/mol. The van der Waals surface area contributed by atoms with Crippen molar-refractivity contribution in [2.24, 2.45) is 0 Å². The summed E-state index contributed by atoms with van der Waals surface area (Å²) in [5.41, 5.74) is 1.70. The van der Waals surface area contributed by atoms with Crippen LogP contribution >= 0.6 is 11.8 Å². The summed E-state index contributed by atoms with van der Waals surface area (Å²) in [5.74, 6) is -0.0145. The van der Waals surface area contributed by atoms with Crippen molar-refractivity contribution in [1.82, 2.24) is 10.2 Å². The van der Waals surface area contributed by atoms with E-state index in [-0.39, 0.29) is 17.1 Å². The van der Waals surface area contributed by atoms with Crippen LogP contribution < -0.4 is 10.6 Å². The third kappa shape index (κ3) is 7.48. The van der Waals surface area contributed by atoms with Gasteiger partial charge in [0, 0.05) is 43.2 Å². The van der Waals surface area contributed by atoms with E-state index < -0.39 is 0 Å². The van der Waals surface area contributed by atoms with Crippen LogP contribution in [0.15, 0.2) is 59.5 Å². The van der Waals surface area contributed by atoms with Crippen LogP contribution in [0.25, 0.3) is 0 Å². The number of anilines is 1. The summed E-state index contributed by atoms with van der Waals surface area (Å²) in [6.45, 7) is 6.29. The van der Waals surface area contributed by atoms with Gasteiger partial charge in [-0.05, 0) is 36.8 Å². The van der Waals surface area contributed by atoms with Crippen LogP contribution in [0.3, 0.4) is 0 Å². The molecule has 1 aliphatic heterocycles. The monoisotopic (exact) mass is 427 g/mol. The van der Waals surface area contributed by atoms with Gasteiger partial charge < -0.3 is 15.4 Å². The lowest BCUT2D eigenvalue weighted by atomic mass is 10.2. The molecule has 2 aromatic carbocycles. The Labute approximate surface area is 182 Å². The third-order valence-corrected chi connectivity index (χ3v) is 5.97. The fourth-order valence-electron chi connectivity index (χ4n) is 3.16. The normalized spacial score (nSPS) is 15.4. The Bertz CT molecular complexity index is 825. The lowest BCUT2D eigenvalue weighted by molar-refractivity contribution is -0.120. The summed E-state index contributed by atoms with van der Waals surface area (Å²) in [4.78, 5) is 28.0. The molecule has 1 saturated heterocycles. The first-order valence-corrected chi connectivity index (χ1v) is 11.2. The molecule has 2 amide bonds. The number of hydrogen-bond acceptors (Lipinski definition) is 5. The first-order valence-electron chi connectivity index (χ1n) is 10.3. The van der Waals surface area contributed by atoms with Crippen molar-refractivity contribution in [3.63, 3.8) is 0 Å². The molecule has 1 unspecified atom stereocenters. The van der Waals surface area contributed by atoms with Crippen LogP contribution in [0.2, 0.25) is 0 Å². The van der Waals surface area contributed by atoms with Gasteiger partial charge in [0.2, 0.25) is 11.8 Å². The van der Waals surface area contributed by atoms with Crippen molar-refractivity contribution in [2.45, 2.75) is 30.0 Å². The van der Waals surface area contributed by atoms with Gasteiger partial charge in [0.05, 0.1) is 18.5 Å². The Morgan fingerprint density at radius 3 is 2.63 bits per heavy atom. The Hall–Kier alpha value is -2.35. The molecule has 0 saturated carbocycles. The second-order valence-electron chi connectivity index (χ2n) is 7.24. The second kappa shape index (κ2) is 11.7. The van der Waals surface area contributed by atoms with Crippen LogP contribution in [0.5, 0.6) is 0 Å². The van der Waals surface area contributed by atoms with E-state index in [2.05, 4.69) is 15.5 Å². The molecule has 160 valence electrons. The number of ether oxygens (including phenoxy) is 1. The number of amides is 2. The van der Waals surface area contributed by atoms with Gasteiger partial charge in [0.25, 0.3) is 0 Å². The molecule has 0 spiro atoms. The summed E-state index contributed by atoms with van der Waals surface area (Å²) >= 11 is 1.53. The summed E-state index contributed by atoms with van der Waals surface area (Å²) in [7, 11) is 0. The number of benzene rings is 2. The molecule has 3 rings (SSSR count). The average Bonchev–Trinajstić information content (AvgIpc) is 2.77. The molecule has 0 aromatic heterocycles. The van der Waals surface area contributed by atoms with Gasteiger partial charge >= 0.3 is 0 Å². The van der Waals surface area contributed by atoms with E-state index >= 15 is 0 Å².